The van der Waals surface area contributed by atoms with Gasteiger partial charge in [0.1, 0.15) is 5.75 Å². The monoisotopic (exact) mass is 305 g/mol. The maximum absolute atomic E-state index is 12.6. The second-order valence-electron chi connectivity index (χ2n) is 5.97. The van der Waals surface area contributed by atoms with Gasteiger partial charge < -0.3 is 10.4 Å². The number of nitrogens with one attached hydrogen (secondary N) is 1. The summed E-state index contributed by atoms with van der Waals surface area (Å²) in [5.41, 5.74) is -0.0544. The molecule has 3 rings (SSSR count). The molecule has 7 heteroatoms. The first kappa shape index (κ1) is 14.8. The van der Waals surface area contributed by atoms with Gasteiger partial charge in [0.2, 0.25) is 5.91 Å². The van der Waals surface area contributed by atoms with Crippen LogP contribution in [0.2, 0.25) is 0 Å². The zero-order valence-corrected chi connectivity index (χ0v) is 12.2. The van der Waals surface area contributed by atoms with E-state index in [1.54, 1.807) is 0 Å². The van der Waals surface area contributed by atoms with Gasteiger partial charge in [-0.25, -0.2) is 0 Å². The zero-order valence-electron chi connectivity index (χ0n) is 12.2. The third-order valence-electron chi connectivity index (χ3n) is 4.32. The Balaban J connectivity index is 1.77. The predicted octanol–water partition coefficient (Wildman–Crippen LogP) is 2.11. The molecule has 118 valence electrons. The van der Waals surface area contributed by atoms with Crippen LogP contribution < -0.4 is 5.32 Å². The number of likely N-dealkylation sites (tertiary alicyclic amines) is 1. The summed E-state index contributed by atoms with van der Waals surface area (Å²) in [6.07, 6.45) is 4.27. The minimum Gasteiger partial charge on any atom is -0.506 e. The number of rotatable bonds is 5. The molecule has 0 bridgehead atoms. The quantitative estimate of drug-likeness (QED) is 0.493. The van der Waals surface area contributed by atoms with Crippen LogP contribution in [-0.2, 0) is 4.79 Å². The number of non-ortho nitro benzene ring substituents is 1. The molecule has 1 aliphatic carbocycles. The van der Waals surface area contributed by atoms with Gasteiger partial charge in [-0.2, -0.15) is 0 Å². The molecule has 2 aliphatic rings. The molecule has 1 atom stereocenters. The van der Waals surface area contributed by atoms with Crippen LogP contribution >= 0.6 is 0 Å². The summed E-state index contributed by atoms with van der Waals surface area (Å²) in [5, 5.41) is 23.3. The van der Waals surface area contributed by atoms with Crippen LogP contribution in [0.4, 0.5) is 11.4 Å². The SMILES string of the molecule is O=C(Nc1cc([N+](=O)[O-])ccc1O)[C@@H](C1CC1)N1CCCC1. The third-order valence-corrected chi connectivity index (χ3v) is 4.32. The molecule has 1 aromatic carbocycles. The highest BCUT2D eigenvalue weighted by Crippen LogP contribution is 2.38. The highest BCUT2D eigenvalue weighted by atomic mass is 16.6. The summed E-state index contributed by atoms with van der Waals surface area (Å²) in [6, 6.07) is 3.45. The fourth-order valence-corrected chi connectivity index (χ4v) is 3.05. The molecule has 1 aromatic rings. The molecule has 0 spiro atoms. The van der Waals surface area contributed by atoms with Gasteiger partial charge in [0.15, 0.2) is 0 Å². The first-order valence-corrected chi connectivity index (χ1v) is 7.58. The van der Waals surface area contributed by atoms with E-state index in [1.165, 1.54) is 18.2 Å². The van der Waals surface area contributed by atoms with Crippen LogP contribution in [-0.4, -0.2) is 40.0 Å². The molecule has 0 unspecified atom stereocenters. The third kappa shape index (κ3) is 3.04. The van der Waals surface area contributed by atoms with Crippen LogP contribution in [0.3, 0.4) is 0 Å². The smallest absolute Gasteiger partial charge is 0.271 e. The molecule has 1 saturated carbocycles. The van der Waals surface area contributed by atoms with Crippen molar-refractivity contribution < 1.29 is 14.8 Å². The number of nitrogens with zero attached hydrogens (tertiary/aromatic N) is 2. The van der Waals surface area contributed by atoms with Crippen molar-refractivity contribution in [3.05, 3.63) is 28.3 Å². The van der Waals surface area contributed by atoms with Gasteiger partial charge in [-0.15, -0.1) is 0 Å². The molecule has 1 amide bonds. The van der Waals surface area contributed by atoms with Crippen molar-refractivity contribution in [3.63, 3.8) is 0 Å². The maximum atomic E-state index is 12.6. The van der Waals surface area contributed by atoms with Crippen LogP contribution in [0.1, 0.15) is 25.7 Å². The van der Waals surface area contributed by atoms with E-state index in [1.807, 2.05) is 0 Å². The normalized spacial score (nSPS) is 19.8. The van der Waals surface area contributed by atoms with E-state index in [2.05, 4.69) is 10.2 Å². The summed E-state index contributed by atoms with van der Waals surface area (Å²) in [7, 11) is 0. The lowest BCUT2D eigenvalue weighted by atomic mass is 10.1. The summed E-state index contributed by atoms with van der Waals surface area (Å²) >= 11 is 0. The van der Waals surface area contributed by atoms with Crippen molar-refractivity contribution in [1.29, 1.82) is 0 Å². The van der Waals surface area contributed by atoms with E-state index in [-0.39, 0.29) is 29.1 Å². The van der Waals surface area contributed by atoms with E-state index in [9.17, 15) is 20.0 Å². The molecule has 0 aromatic heterocycles. The molecule has 1 aliphatic heterocycles. The number of hydrogen-bond donors (Lipinski definition) is 2. The van der Waals surface area contributed by atoms with Gasteiger partial charge in [0.25, 0.3) is 5.69 Å². The molecule has 22 heavy (non-hydrogen) atoms. The fraction of sp³-hybridized carbons (Fsp3) is 0.533. The largest absolute Gasteiger partial charge is 0.506 e. The first-order valence-electron chi connectivity index (χ1n) is 7.58. The van der Waals surface area contributed by atoms with E-state index >= 15 is 0 Å². The van der Waals surface area contributed by atoms with Crippen LogP contribution in [0.15, 0.2) is 18.2 Å². The van der Waals surface area contributed by atoms with Crippen molar-refractivity contribution in [3.8, 4) is 5.75 Å². The van der Waals surface area contributed by atoms with Crippen molar-refractivity contribution >= 4 is 17.3 Å². The second-order valence-corrected chi connectivity index (χ2v) is 5.97. The predicted molar refractivity (Wildman–Crippen MR) is 80.7 cm³/mol. The van der Waals surface area contributed by atoms with Crippen molar-refractivity contribution in [2.45, 2.75) is 31.7 Å². The number of phenols is 1. The zero-order chi connectivity index (χ0) is 15.7. The molecule has 1 saturated heterocycles. The Bertz CT molecular complexity index is 594. The van der Waals surface area contributed by atoms with Crippen molar-refractivity contribution in [1.82, 2.24) is 4.90 Å². The number of amides is 1. The number of benzene rings is 1. The number of hydrogen-bond acceptors (Lipinski definition) is 5. The van der Waals surface area contributed by atoms with Gasteiger partial charge in [-0.3, -0.25) is 19.8 Å². The summed E-state index contributed by atoms with van der Waals surface area (Å²) in [6.45, 7) is 1.82. The molecule has 2 N–H and O–H groups in total. The average molecular weight is 305 g/mol. The topological polar surface area (TPSA) is 95.7 Å². The van der Waals surface area contributed by atoms with Crippen LogP contribution in [0.5, 0.6) is 5.75 Å². The van der Waals surface area contributed by atoms with E-state index in [0.717, 1.165) is 38.8 Å². The number of phenolic OH excluding ortho intramolecular Hbond substituents is 1. The van der Waals surface area contributed by atoms with Gasteiger partial charge in [-0.05, 0) is 50.8 Å². The molecular weight excluding hydrogens is 286 g/mol. The lowest BCUT2D eigenvalue weighted by molar-refractivity contribution is -0.384. The molecule has 0 radical (unpaired) electrons. The van der Waals surface area contributed by atoms with Gasteiger partial charge in [0, 0.05) is 12.1 Å². The van der Waals surface area contributed by atoms with Gasteiger partial charge in [0.05, 0.1) is 16.7 Å². The van der Waals surface area contributed by atoms with Crippen molar-refractivity contribution in [2.24, 2.45) is 5.92 Å². The van der Waals surface area contributed by atoms with E-state index in [0.29, 0.717) is 5.92 Å². The number of nitro benzene ring substituents is 1. The summed E-state index contributed by atoms with van der Waals surface area (Å²) in [4.78, 5) is 25.0. The molecular formula is C15H19N3O4. The Labute approximate surface area is 128 Å². The number of carbonyl (C=O) groups is 1. The standard InChI is InChI=1S/C15H19N3O4/c19-13-6-5-11(18(21)22)9-12(13)16-15(20)14(10-3-4-10)17-7-1-2-8-17/h5-6,9-10,14,19H,1-4,7-8H2,(H,16,20)/t14-/m1/s1. The Morgan fingerprint density at radius 2 is 2.05 bits per heavy atom. The summed E-state index contributed by atoms with van der Waals surface area (Å²) < 4.78 is 0. The molecule has 1 heterocycles. The van der Waals surface area contributed by atoms with Crippen molar-refractivity contribution in [2.75, 3.05) is 18.4 Å². The average Bonchev–Trinajstić information content (AvgIpc) is 3.15. The number of nitro groups is 1. The minimum atomic E-state index is -0.548. The van der Waals surface area contributed by atoms with Crippen LogP contribution in [0.25, 0.3) is 0 Å². The Hall–Kier alpha value is -2.15. The van der Waals surface area contributed by atoms with Crippen LogP contribution in [0, 0.1) is 16.0 Å². The fourth-order valence-electron chi connectivity index (χ4n) is 3.05. The van der Waals surface area contributed by atoms with Gasteiger partial charge >= 0.3 is 0 Å². The molecule has 7 nitrogen and oxygen atoms in total. The Morgan fingerprint density at radius 3 is 2.64 bits per heavy atom. The Kier molecular flexibility index (Phi) is 3.98. The molecule has 2 fully saturated rings. The lowest BCUT2D eigenvalue weighted by Gasteiger charge is -2.26. The first-order chi connectivity index (χ1) is 10.6. The highest BCUT2D eigenvalue weighted by molar-refractivity contribution is 5.96. The van der Waals surface area contributed by atoms with E-state index in [4.69, 9.17) is 0 Å². The van der Waals surface area contributed by atoms with Gasteiger partial charge in [-0.1, -0.05) is 0 Å². The number of carbonyl (C=O) groups excluding carboxylic acids is 1. The maximum Gasteiger partial charge on any atom is 0.271 e. The van der Waals surface area contributed by atoms with E-state index < -0.39 is 4.92 Å². The number of aromatic hydroxyl groups is 1. The number of anilines is 1. The Morgan fingerprint density at radius 1 is 1.36 bits per heavy atom. The highest BCUT2D eigenvalue weighted by Gasteiger charge is 2.41. The minimum absolute atomic E-state index is 0.101. The second kappa shape index (κ2) is 5.92. The summed E-state index contributed by atoms with van der Waals surface area (Å²) in [5.74, 6) is 0.0223. The lowest BCUT2D eigenvalue weighted by Crippen LogP contribution is -2.44.